The zero-order valence-corrected chi connectivity index (χ0v) is 34.5. The van der Waals surface area contributed by atoms with Gasteiger partial charge in [-0.25, -0.2) is 0 Å². The van der Waals surface area contributed by atoms with Crippen LogP contribution in [-0.4, -0.2) is 36.7 Å². The van der Waals surface area contributed by atoms with Gasteiger partial charge >= 0.3 is 11.9 Å². The van der Waals surface area contributed by atoms with E-state index in [2.05, 4.69) is 13.8 Å². The molecule has 2 atom stereocenters. The first kappa shape index (κ1) is 48.3. The van der Waals surface area contributed by atoms with Crippen LogP contribution < -0.4 is 0 Å². The molecule has 0 aromatic heterocycles. The Morgan fingerprint density at radius 1 is 0.367 bits per heavy atom. The van der Waals surface area contributed by atoms with Gasteiger partial charge in [0.25, 0.3) is 0 Å². The maximum Gasteiger partial charge on any atom is 0.309 e. The number of rotatable bonds is 40. The lowest BCUT2D eigenvalue weighted by atomic mass is 10.0. The monoisotopic (exact) mass is 711 g/mol. The minimum absolute atomic E-state index is 0.104. The molecule has 0 radical (unpaired) electrons. The lowest BCUT2D eigenvalue weighted by Crippen LogP contribution is -2.20. The summed E-state index contributed by atoms with van der Waals surface area (Å²) in [6, 6.07) is 0. The van der Waals surface area contributed by atoms with Crippen LogP contribution in [0, 0.1) is 11.8 Å². The highest BCUT2D eigenvalue weighted by molar-refractivity contribution is 7.99. The van der Waals surface area contributed by atoms with Crippen molar-refractivity contribution in [3.63, 3.8) is 0 Å². The highest BCUT2D eigenvalue weighted by atomic mass is 32.2. The fraction of sp³-hybridized carbons (Fsp3) is 0.955. The minimum Gasteiger partial charge on any atom is -0.465 e. The minimum atomic E-state index is -0.139. The summed E-state index contributed by atoms with van der Waals surface area (Å²) in [6.07, 6.45) is 43.0. The van der Waals surface area contributed by atoms with E-state index < -0.39 is 0 Å². The average molecular weight is 711 g/mol. The van der Waals surface area contributed by atoms with Gasteiger partial charge in [0, 0.05) is 11.5 Å². The first-order valence-corrected chi connectivity index (χ1v) is 23.1. The van der Waals surface area contributed by atoms with Crippen molar-refractivity contribution in [2.45, 2.75) is 233 Å². The predicted molar refractivity (Wildman–Crippen MR) is 217 cm³/mol. The first-order valence-electron chi connectivity index (χ1n) is 21.9. The second kappa shape index (κ2) is 40.1. The van der Waals surface area contributed by atoms with Crippen molar-refractivity contribution in [2.75, 3.05) is 24.7 Å². The smallest absolute Gasteiger partial charge is 0.309 e. The van der Waals surface area contributed by atoms with Crippen LogP contribution in [-0.2, 0) is 19.1 Å². The molecule has 5 heteroatoms. The Morgan fingerprint density at radius 3 is 0.796 bits per heavy atom. The van der Waals surface area contributed by atoms with E-state index in [9.17, 15) is 9.59 Å². The molecule has 0 rings (SSSR count). The van der Waals surface area contributed by atoms with E-state index in [-0.39, 0.29) is 23.8 Å². The molecule has 0 aliphatic rings. The fourth-order valence-electron chi connectivity index (χ4n) is 6.49. The fourth-order valence-corrected chi connectivity index (χ4v) is 7.60. The average Bonchev–Trinajstić information content (AvgIpc) is 3.10. The van der Waals surface area contributed by atoms with Crippen molar-refractivity contribution in [1.82, 2.24) is 0 Å². The van der Waals surface area contributed by atoms with Crippen molar-refractivity contribution in [3.8, 4) is 0 Å². The Balaban J connectivity index is 3.46. The van der Waals surface area contributed by atoms with Crippen LogP contribution >= 0.6 is 11.8 Å². The Morgan fingerprint density at radius 2 is 0.571 bits per heavy atom. The number of hydrogen-bond acceptors (Lipinski definition) is 5. The number of esters is 2. The summed E-state index contributed by atoms with van der Waals surface area (Å²) >= 11 is 1.66. The summed E-state index contributed by atoms with van der Waals surface area (Å²) < 4.78 is 11.1. The molecule has 0 aliphatic carbocycles. The van der Waals surface area contributed by atoms with E-state index in [4.69, 9.17) is 9.47 Å². The molecule has 0 aromatic rings. The molecule has 0 aromatic carbocycles. The summed E-state index contributed by atoms with van der Waals surface area (Å²) in [6.45, 7) is 9.51. The quantitative estimate of drug-likeness (QED) is 0.0468. The van der Waals surface area contributed by atoms with Crippen LogP contribution in [0.2, 0.25) is 0 Å². The van der Waals surface area contributed by atoms with Gasteiger partial charge in [-0.2, -0.15) is 11.8 Å². The van der Waals surface area contributed by atoms with Crippen LogP contribution in [0.25, 0.3) is 0 Å². The van der Waals surface area contributed by atoms with Gasteiger partial charge in [0.2, 0.25) is 0 Å². The summed E-state index contributed by atoms with van der Waals surface area (Å²) in [5, 5.41) is 0. The van der Waals surface area contributed by atoms with Crippen molar-refractivity contribution in [2.24, 2.45) is 11.8 Å². The molecule has 0 aliphatic heterocycles. The van der Waals surface area contributed by atoms with Crippen LogP contribution in [0.3, 0.4) is 0 Å². The molecule has 0 fully saturated rings. The highest BCUT2D eigenvalue weighted by Crippen LogP contribution is 2.18. The summed E-state index contributed by atoms with van der Waals surface area (Å²) in [7, 11) is 0. The maximum absolute atomic E-state index is 12.4. The van der Waals surface area contributed by atoms with E-state index in [1.165, 1.54) is 180 Å². The molecule has 292 valence electrons. The van der Waals surface area contributed by atoms with Gasteiger partial charge in [0.1, 0.15) is 0 Å². The zero-order chi connectivity index (χ0) is 35.9. The number of hydrogen-bond donors (Lipinski definition) is 0. The second-order valence-electron chi connectivity index (χ2n) is 15.3. The summed E-state index contributed by atoms with van der Waals surface area (Å²) in [5.41, 5.74) is 0. The van der Waals surface area contributed by atoms with Crippen LogP contribution in [0.1, 0.15) is 233 Å². The molecule has 0 N–H and O–H groups in total. The third-order valence-corrected chi connectivity index (χ3v) is 11.5. The van der Waals surface area contributed by atoms with Crippen molar-refractivity contribution in [1.29, 1.82) is 0 Å². The number of unbranched alkanes of at least 4 members (excludes halogenated alkanes) is 30. The van der Waals surface area contributed by atoms with Gasteiger partial charge in [0.05, 0.1) is 25.0 Å². The third kappa shape index (κ3) is 36.9. The molecule has 0 heterocycles. The topological polar surface area (TPSA) is 52.6 Å². The molecule has 2 unspecified atom stereocenters. The Kier molecular flexibility index (Phi) is 39.5. The molecule has 0 amide bonds. The summed E-state index contributed by atoms with van der Waals surface area (Å²) in [4.78, 5) is 24.7. The molecule has 0 saturated heterocycles. The largest absolute Gasteiger partial charge is 0.465 e. The standard InChI is InChI=1S/C44H86O4S/c1-5-7-9-11-13-15-17-19-21-23-25-27-29-31-33-35-37-47-43(45)41(3)39-49-40-42(4)44(46)48-38-36-34-32-30-28-26-24-22-20-18-16-14-12-10-8-6-2/h41-42H,5-40H2,1-4H3. The number of carbonyl (C=O) groups excluding carboxylic acids is 2. The molecule has 0 saturated carbocycles. The first-order chi connectivity index (χ1) is 24.0. The van der Waals surface area contributed by atoms with Gasteiger partial charge < -0.3 is 9.47 Å². The SMILES string of the molecule is CCCCCCCCCCCCCCCCCCOC(=O)C(C)CSCC(C)C(=O)OCCCCCCCCCCCCCCCCCC. The molecule has 0 bridgehead atoms. The number of carbonyl (C=O) groups is 2. The van der Waals surface area contributed by atoms with Crippen molar-refractivity contribution in [3.05, 3.63) is 0 Å². The molecule has 49 heavy (non-hydrogen) atoms. The normalized spacial score (nSPS) is 12.7. The maximum atomic E-state index is 12.4. The van der Waals surface area contributed by atoms with E-state index in [1.807, 2.05) is 13.8 Å². The van der Waals surface area contributed by atoms with Crippen molar-refractivity contribution >= 4 is 23.7 Å². The molecular weight excluding hydrogens is 625 g/mol. The lowest BCUT2D eigenvalue weighted by molar-refractivity contribution is -0.147. The van der Waals surface area contributed by atoms with Crippen LogP contribution in [0.15, 0.2) is 0 Å². The second-order valence-corrected chi connectivity index (χ2v) is 16.4. The van der Waals surface area contributed by atoms with E-state index in [0.29, 0.717) is 24.7 Å². The number of ether oxygens (including phenoxy) is 2. The van der Waals surface area contributed by atoms with Gasteiger partial charge in [-0.15, -0.1) is 0 Å². The van der Waals surface area contributed by atoms with E-state index >= 15 is 0 Å². The van der Waals surface area contributed by atoms with Gasteiger partial charge in [-0.1, -0.05) is 220 Å². The van der Waals surface area contributed by atoms with E-state index in [1.54, 1.807) is 11.8 Å². The molecular formula is C44H86O4S. The predicted octanol–water partition coefficient (Wildman–Crippen LogP) is 14.6. The Bertz CT molecular complexity index is 628. The molecule has 0 spiro atoms. The lowest BCUT2D eigenvalue weighted by Gasteiger charge is -2.14. The van der Waals surface area contributed by atoms with Gasteiger partial charge in [-0.05, 0) is 12.8 Å². The Hall–Kier alpha value is -0.710. The van der Waals surface area contributed by atoms with Gasteiger partial charge in [-0.3, -0.25) is 9.59 Å². The van der Waals surface area contributed by atoms with Gasteiger partial charge in [0.15, 0.2) is 0 Å². The van der Waals surface area contributed by atoms with Crippen molar-refractivity contribution < 1.29 is 19.1 Å². The number of thioether (sulfide) groups is 1. The summed E-state index contributed by atoms with van der Waals surface area (Å²) in [5.74, 6) is 0.890. The third-order valence-electron chi connectivity index (χ3n) is 10.0. The molecule has 4 nitrogen and oxygen atoms in total. The van der Waals surface area contributed by atoms with Crippen LogP contribution in [0.5, 0.6) is 0 Å². The van der Waals surface area contributed by atoms with E-state index in [0.717, 1.165) is 25.7 Å². The Labute approximate surface area is 311 Å². The zero-order valence-electron chi connectivity index (χ0n) is 33.7. The highest BCUT2D eigenvalue weighted by Gasteiger charge is 2.18. The van der Waals surface area contributed by atoms with Crippen LogP contribution in [0.4, 0.5) is 0 Å².